The Morgan fingerprint density at radius 2 is 1.86 bits per heavy atom. The van der Waals surface area contributed by atoms with E-state index in [2.05, 4.69) is 10.2 Å². The van der Waals surface area contributed by atoms with Crippen molar-refractivity contribution in [3.63, 3.8) is 0 Å². The molecule has 1 atom stereocenters. The molecule has 1 aliphatic rings. The summed E-state index contributed by atoms with van der Waals surface area (Å²) in [5.41, 5.74) is 8.02. The van der Waals surface area contributed by atoms with Crippen molar-refractivity contribution in [2.24, 2.45) is 5.73 Å². The third-order valence-electron chi connectivity index (χ3n) is 5.27. The zero-order chi connectivity index (χ0) is 20.5. The summed E-state index contributed by atoms with van der Waals surface area (Å²) in [6, 6.07) is 11.2. The van der Waals surface area contributed by atoms with E-state index in [0.717, 1.165) is 31.6 Å². The van der Waals surface area contributed by atoms with E-state index in [4.69, 9.17) is 10.2 Å². The molecule has 0 aliphatic carbocycles. The molecule has 150 valence electrons. The summed E-state index contributed by atoms with van der Waals surface area (Å²) in [6.07, 6.45) is 2.13. The molecule has 1 saturated heterocycles. The molecule has 4 rings (SSSR count). The topological polar surface area (TPSA) is 111 Å². The van der Waals surface area contributed by atoms with Gasteiger partial charge in [-0.2, -0.15) is 0 Å². The summed E-state index contributed by atoms with van der Waals surface area (Å²) >= 11 is 0. The number of carbonyl (C=O) groups excluding carboxylic acids is 2. The Bertz CT molecular complexity index is 1140. The predicted molar refractivity (Wildman–Crippen MR) is 110 cm³/mol. The lowest BCUT2D eigenvalue weighted by molar-refractivity contribution is -0.118. The molecule has 2 heterocycles. The molecule has 2 amide bonds. The van der Waals surface area contributed by atoms with Crippen LogP contribution in [0.4, 0.5) is 11.4 Å². The summed E-state index contributed by atoms with van der Waals surface area (Å²) in [5.74, 6) is -1.56. The number of hydrogen-bond donors (Lipinski definition) is 2. The van der Waals surface area contributed by atoms with Gasteiger partial charge >= 0.3 is 5.76 Å². The second-order valence-corrected chi connectivity index (χ2v) is 7.16. The van der Waals surface area contributed by atoms with Gasteiger partial charge in [0, 0.05) is 18.7 Å². The van der Waals surface area contributed by atoms with Crippen molar-refractivity contribution in [2.45, 2.75) is 25.8 Å². The highest BCUT2D eigenvalue weighted by molar-refractivity contribution is 6.00. The maximum atomic E-state index is 13.0. The van der Waals surface area contributed by atoms with Crippen LogP contribution in [-0.2, 0) is 4.79 Å². The van der Waals surface area contributed by atoms with Crippen LogP contribution in [0.3, 0.4) is 0 Å². The van der Waals surface area contributed by atoms with Gasteiger partial charge in [-0.05, 0) is 50.1 Å². The molecule has 2 aromatic carbocycles. The number of nitrogens with two attached hydrogens (primary N) is 1. The highest BCUT2D eigenvalue weighted by Crippen LogP contribution is 2.31. The van der Waals surface area contributed by atoms with Gasteiger partial charge in [0.05, 0.1) is 16.9 Å². The third-order valence-corrected chi connectivity index (χ3v) is 5.27. The van der Waals surface area contributed by atoms with Gasteiger partial charge in [-0.15, -0.1) is 0 Å². The lowest BCUT2D eigenvalue weighted by Gasteiger charge is -2.23. The summed E-state index contributed by atoms with van der Waals surface area (Å²) in [4.78, 5) is 39.1. The smallest absolute Gasteiger partial charge is 0.408 e. The first-order chi connectivity index (χ1) is 14.0. The van der Waals surface area contributed by atoms with Crippen molar-refractivity contribution >= 4 is 34.3 Å². The van der Waals surface area contributed by atoms with E-state index in [1.807, 2.05) is 0 Å². The second-order valence-electron chi connectivity index (χ2n) is 7.16. The van der Waals surface area contributed by atoms with Gasteiger partial charge in [-0.25, -0.2) is 4.79 Å². The Morgan fingerprint density at radius 3 is 2.59 bits per heavy atom. The molecule has 1 unspecified atom stereocenters. The van der Waals surface area contributed by atoms with E-state index in [1.54, 1.807) is 49.4 Å². The average Bonchev–Trinajstić information content (AvgIpc) is 3.34. The molecule has 8 heteroatoms. The monoisotopic (exact) mass is 394 g/mol. The second kappa shape index (κ2) is 7.46. The molecule has 0 radical (unpaired) electrons. The van der Waals surface area contributed by atoms with E-state index in [-0.39, 0.29) is 5.91 Å². The number of oxazole rings is 1. The fourth-order valence-electron chi connectivity index (χ4n) is 3.73. The van der Waals surface area contributed by atoms with Gasteiger partial charge in [0.15, 0.2) is 5.58 Å². The van der Waals surface area contributed by atoms with Gasteiger partial charge in [0.25, 0.3) is 0 Å². The normalized spacial score (nSPS) is 14.9. The van der Waals surface area contributed by atoms with Crippen LogP contribution in [0, 0.1) is 0 Å². The summed E-state index contributed by atoms with van der Waals surface area (Å²) in [7, 11) is 0. The van der Waals surface area contributed by atoms with Crippen molar-refractivity contribution < 1.29 is 14.0 Å². The number of nitrogens with one attached hydrogen (secondary N) is 1. The first-order valence-corrected chi connectivity index (χ1v) is 9.55. The van der Waals surface area contributed by atoms with Gasteiger partial charge in [0.2, 0.25) is 11.8 Å². The standard InChI is InChI=1S/C21H22N4O4/c1-13(25-17-6-2-3-7-18(17)29-21(25)28)20(27)23-15-12-14(19(22)26)8-9-16(15)24-10-4-5-11-24/h2-3,6-9,12-13H,4-5,10-11H2,1H3,(H2,22,26)(H,23,27). The maximum Gasteiger partial charge on any atom is 0.420 e. The first kappa shape index (κ1) is 18.8. The molecule has 1 aliphatic heterocycles. The SMILES string of the molecule is CC(C(=O)Nc1cc(C(N)=O)ccc1N1CCCC1)n1c(=O)oc2ccccc21. The van der Waals surface area contributed by atoms with Crippen LogP contribution in [0.5, 0.6) is 0 Å². The number of fused-ring (bicyclic) bond motifs is 1. The lowest BCUT2D eigenvalue weighted by atomic mass is 10.1. The van der Waals surface area contributed by atoms with Crippen LogP contribution in [0.1, 0.15) is 36.2 Å². The largest absolute Gasteiger partial charge is 0.420 e. The minimum Gasteiger partial charge on any atom is -0.408 e. The number of amides is 2. The van der Waals surface area contributed by atoms with Crippen LogP contribution < -0.4 is 21.7 Å². The average molecular weight is 394 g/mol. The Morgan fingerprint density at radius 1 is 1.14 bits per heavy atom. The van der Waals surface area contributed by atoms with Crippen molar-refractivity contribution in [1.82, 2.24) is 4.57 Å². The number of aromatic nitrogens is 1. The Labute approximate surface area is 166 Å². The van der Waals surface area contributed by atoms with Gasteiger partial charge in [-0.1, -0.05) is 12.1 Å². The molecule has 0 spiro atoms. The van der Waals surface area contributed by atoms with Crippen LogP contribution in [-0.4, -0.2) is 29.5 Å². The number of carbonyl (C=O) groups is 2. The zero-order valence-corrected chi connectivity index (χ0v) is 16.1. The lowest BCUT2D eigenvalue weighted by Crippen LogP contribution is -2.30. The van der Waals surface area contributed by atoms with Crippen LogP contribution in [0.2, 0.25) is 0 Å². The van der Waals surface area contributed by atoms with Crippen molar-refractivity contribution in [1.29, 1.82) is 0 Å². The molecule has 29 heavy (non-hydrogen) atoms. The molecule has 0 saturated carbocycles. The van der Waals surface area contributed by atoms with Crippen LogP contribution >= 0.6 is 0 Å². The minimum absolute atomic E-state index is 0.307. The molecule has 1 fully saturated rings. The van der Waals surface area contributed by atoms with E-state index in [1.165, 1.54) is 4.57 Å². The fraction of sp³-hybridized carbons (Fsp3) is 0.286. The van der Waals surface area contributed by atoms with E-state index < -0.39 is 17.7 Å². The number of nitrogens with zero attached hydrogens (tertiary/aromatic N) is 2. The molecular weight excluding hydrogens is 372 g/mol. The summed E-state index contributed by atoms with van der Waals surface area (Å²) < 4.78 is 6.55. The van der Waals surface area contributed by atoms with E-state index >= 15 is 0 Å². The van der Waals surface area contributed by atoms with Crippen molar-refractivity contribution in [3.8, 4) is 0 Å². The molecular formula is C21H22N4O4. The number of rotatable bonds is 5. The third kappa shape index (κ3) is 3.49. The Balaban J connectivity index is 1.68. The zero-order valence-electron chi connectivity index (χ0n) is 16.1. The molecule has 0 bridgehead atoms. The van der Waals surface area contributed by atoms with E-state index in [0.29, 0.717) is 22.4 Å². The van der Waals surface area contributed by atoms with Crippen LogP contribution in [0.15, 0.2) is 51.7 Å². The summed E-state index contributed by atoms with van der Waals surface area (Å²) in [6.45, 7) is 3.38. The number of primary amides is 1. The fourth-order valence-corrected chi connectivity index (χ4v) is 3.73. The molecule has 3 N–H and O–H groups in total. The van der Waals surface area contributed by atoms with E-state index in [9.17, 15) is 14.4 Å². The van der Waals surface area contributed by atoms with Gasteiger partial charge in [-0.3, -0.25) is 14.2 Å². The number of hydrogen-bond acceptors (Lipinski definition) is 5. The quantitative estimate of drug-likeness (QED) is 0.691. The predicted octanol–water partition coefficient (Wildman–Crippen LogP) is 2.49. The number of benzene rings is 2. The highest BCUT2D eigenvalue weighted by atomic mass is 16.4. The highest BCUT2D eigenvalue weighted by Gasteiger charge is 2.24. The molecule has 1 aromatic heterocycles. The molecule has 8 nitrogen and oxygen atoms in total. The van der Waals surface area contributed by atoms with Crippen LogP contribution in [0.25, 0.3) is 11.1 Å². The Kier molecular flexibility index (Phi) is 4.84. The van der Waals surface area contributed by atoms with Gasteiger partial charge in [0.1, 0.15) is 6.04 Å². The summed E-state index contributed by atoms with van der Waals surface area (Å²) in [5, 5.41) is 2.87. The van der Waals surface area contributed by atoms with Crippen molar-refractivity contribution in [3.05, 3.63) is 58.6 Å². The Hall–Kier alpha value is -3.55. The minimum atomic E-state index is -0.810. The first-order valence-electron chi connectivity index (χ1n) is 9.55. The number of para-hydroxylation sites is 2. The molecule has 3 aromatic rings. The maximum absolute atomic E-state index is 13.0. The number of anilines is 2. The van der Waals surface area contributed by atoms with Crippen molar-refractivity contribution in [2.75, 3.05) is 23.3 Å². The van der Waals surface area contributed by atoms with Gasteiger partial charge < -0.3 is 20.4 Å².